The molecule has 0 fully saturated rings. The number of carboxylic acid groups (broad SMARTS) is 1. The molecule has 144 valence electrons. The van der Waals surface area contributed by atoms with Crippen molar-refractivity contribution in [2.24, 2.45) is 5.73 Å². The number of aliphatic carboxylic acids is 1. The van der Waals surface area contributed by atoms with Gasteiger partial charge in [0.1, 0.15) is 18.1 Å². The Kier molecular flexibility index (Phi) is 9.59. The number of nitrogens with two attached hydrogens (primary N) is 1. The SMILES string of the molecule is CC(O)C(NC(=O)CN)C(=O)NC(C(=O)NC(CO)C(=O)O)C(C)O. The van der Waals surface area contributed by atoms with Crippen molar-refractivity contribution < 1.29 is 39.6 Å². The third-order valence-corrected chi connectivity index (χ3v) is 3.13. The van der Waals surface area contributed by atoms with E-state index >= 15 is 0 Å². The molecule has 12 nitrogen and oxygen atoms in total. The molecule has 9 N–H and O–H groups in total. The van der Waals surface area contributed by atoms with Gasteiger partial charge in [0.15, 0.2) is 0 Å². The maximum atomic E-state index is 12.2. The van der Waals surface area contributed by atoms with Crippen molar-refractivity contribution in [1.82, 2.24) is 16.0 Å². The number of rotatable bonds is 10. The highest BCUT2D eigenvalue weighted by Crippen LogP contribution is 2.00. The van der Waals surface area contributed by atoms with E-state index in [1.165, 1.54) is 6.92 Å². The van der Waals surface area contributed by atoms with E-state index in [2.05, 4.69) is 10.6 Å². The van der Waals surface area contributed by atoms with Crippen molar-refractivity contribution >= 4 is 23.7 Å². The van der Waals surface area contributed by atoms with Crippen LogP contribution in [0.4, 0.5) is 0 Å². The molecule has 0 heterocycles. The number of carbonyl (C=O) groups excluding carboxylic acids is 3. The van der Waals surface area contributed by atoms with Gasteiger partial charge in [-0.05, 0) is 13.8 Å². The molecule has 0 radical (unpaired) electrons. The largest absolute Gasteiger partial charge is 0.480 e. The molecule has 0 aliphatic heterocycles. The smallest absolute Gasteiger partial charge is 0.328 e. The number of aliphatic hydroxyl groups excluding tert-OH is 3. The van der Waals surface area contributed by atoms with Crippen molar-refractivity contribution in [3.63, 3.8) is 0 Å². The van der Waals surface area contributed by atoms with Crippen molar-refractivity contribution in [2.45, 2.75) is 44.2 Å². The molecule has 0 aromatic carbocycles. The van der Waals surface area contributed by atoms with Crippen LogP contribution in [0.5, 0.6) is 0 Å². The summed E-state index contributed by atoms with van der Waals surface area (Å²) < 4.78 is 0. The van der Waals surface area contributed by atoms with Crippen LogP contribution in [0.2, 0.25) is 0 Å². The topological polar surface area (TPSA) is 211 Å². The van der Waals surface area contributed by atoms with Gasteiger partial charge in [0.25, 0.3) is 0 Å². The van der Waals surface area contributed by atoms with E-state index in [1.807, 2.05) is 5.32 Å². The van der Waals surface area contributed by atoms with Crippen LogP contribution in [0.25, 0.3) is 0 Å². The van der Waals surface area contributed by atoms with Gasteiger partial charge in [-0.15, -0.1) is 0 Å². The van der Waals surface area contributed by atoms with E-state index < -0.39 is 67.2 Å². The van der Waals surface area contributed by atoms with Crippen LogP contribution in [-0.4, -0.2) is 87.6 Å². The Morgan fingerprint density at radius 3 is 1.72 bits per heavy atom. The van der Waals surface area contributed by atoms with E-state index in [0.29, 0.717) is 0 Å². The fraction of sp³-hybridized carbons (Fsp3) is 0.692. The fourth-order valence-electron chi connectivity index (χ4n) is 1.73. The van der Waals surface area contributed by atoms with Gasteiger partial charge < -0.3 is 42.1 Å². The van der Waals surface area contributed by atoms with Gasteiger partial charge in [0, 0.05) is 0 Å². The third kappa shape index (κ3) is 7.43. The Balaban J connectivity index is 5.15. The minimum atomic E-state index is -1.63. The van der Waals surface area contributed by atoms with Gasteiger partial charge in [0.2, 0.25) is 17.7 Å². The molecule has 5 unspecified atom stereocenters. The molecule has 25 heavy (non-hydrogen) atoms. The standard InChI is InChI=1S/C13H24N4O8/c1-5(19)9(16-8(21)3-14)12(23)17-10(6(2)20)11(22)15-7(4-18)13(24)25/h5-7,9-10,18-20H,3-4,14H2,1-2H3,(H,15,22)(H,16,21)(H,17,23)(H,24,25). The van der Waals surface area contributed by atoms with Crippen LogP contribution in [0.3, 0.4) is 0 Å². The van der Waals surface area contributed by atoms with Crippen LogP contribution >= 0.6 is 0 Å². The molecule has 3 amide bonds. The van der Waals surface area contributed by atoms with Crippen molar-refractivity contribution in [3.8, 4) is 0 Å². The summed E-state index contributed by atoms with van der Waals surface area (Å²) in [5.74, 6) is -4.30. The second-order valence-electron chi connectivity index (χ2n) is 5.30. The average molecular weight is 364 g/mol. The molecule has 0 saturated carbocycles. The Morgan fingerprint density at radius 1 is 0.920 bits per heavy atom. The summed E-state index contributed by atoms with van der Waals surface area (Å²) in [7, 11) is 0. The molecule has 0 spiro atoms. The first-order chi connectivity index (χ1) is 11.5. The maximum Gasteiger partial charge on any atom is 0.328 e. The fourth-order valence-corrected chi connectivity index (χ4v) is 1.73. The van der Waals surface area contributed by atoms with Gasteiger partial charge in [-0.25, -0.2) is 4.79 Å². The predicted octanol–water partition coefficient (Wildman–Crippen LogP) is -4.76. The summed E-state index contributed by atoms with van der Waals surface area (Å²) in [5, 5.41) is 43.1. The number of aliphatic hydroxyl groups is 3. The molecule has 0 rings (SSSR count). The third-order valence-electron chi connectivity index (χ3n) is 3.13. The van der Waals surface area contributed by atoms with Crippen LogP contribution < -0.4 is 21.7 Å². The second kappa shape index (κ2) is 10.6. The monoisotopic (exact) mass is 364 g/mol. The van der Waals surface area contributed by atoms with Crippen LogP contribution in [0.1, 0.15) is 13.8 Å². The Hall–Kier alpha value is -2.28. The molecule has 0 saturated heterocycles. The molecular formula is C13H24N4O8. The molecule has 0 aliphatic rings. The van der Waals surface area contributed by atoms with Crippen molar-refractivity contribution in [3.05, 3.63) is 0 Å². The Bertz CT molecular complexity index is 496. The summed E-state index contributed by atoms with van der Waals surface area (Å²) in [6.45, 7) is 1.04. The molecule has 0 bridgehead atoms. The number of hydrogen-bond acceptors (Lipinski definition) is 8. The highest BCUT2D eigenvalue weighted by atomic mass is 16.4. The van der Waals surface area contributed by atoms with E-state index in [0.717, 1.165) is 6.92 Å². The van der Waals surface area contributed by atoms with E-state index in [-0.39, 0.29) is 0 Å². The minimum absolute atomic E-state index is 0.437. The molecule has 12 heteroatoms. The molecule has 0 aromatic rings. The molecule has 0 aliphatic carbocycles. The van der Waals surface area contributed by atoms with Crippen LogP contribution in [-0.2, 0) is 19.2 Å². The summed E-state index contributed by atoms with van der Waals surface area (Å²) in [4.78, 5) is 46.3. The van der Waals surface area contributed by atoms with E-state index in [4.69, 9.17) is 15.9 Å². The summed E-state index contributed by atoms with van der Waals surface area (Å²) >= 11 is 0. The van der Waals surface area contributed by atoms with Gasteiger partial charge in [-0.1, -0.05) is 0 Å². The summed E-state index contributed by atoms with van der Waals surface area (Å²) in [6.07, 6.45) is -2.77. The Labute approximate surface area is 143 Å². The first-order valence-electron chi connectivity index (χ1n) is 7.35. The molecule has 5 atom stereocenters. The summed E-state index contributed by atoms with van der Waals surface area (Å²) in [5.41, 5.74) is 5.11. The first kappa shape index (κ1) is 22.7. The Morgan fingerprint density at radius 2 is 1.36 bits per heavy atom. The lowest BCUT2D eigenvalue weighted by atomic mass is 10.1. The second-order valence-corrected chi connectivity index (χ2v) is 5.30. The molecular weight excluding hydrogens is 340 g/mol. The predicted molar refractivity (Wildman–Crippen MR) is 82.9 cm³/mol. The zero-order chi connectivity index (χ0) is 19.7. The normalized spacial score (nSPS) is 16.7. The van der Waals surface area contributed by atoms with Crippen molar-refractivity contribution in [2.75, 3.05) is 13.2 Å². The maximum absolute atomic E-state index is 12.2. The van der Waals surface area contributed by atoms with Crippen molar-refractivity contribution in [1.29, 1.82) is 0 Å². The number of nitrogens with one attached hydrogen (secondary N) is 3. The zero-order valence-electron chi connectivity index (χ0n) is 13.8. The minimum Gasteiger partial charge on any atom is -0.480 e. The lowest BCUT2D eigenvalue weighted by molar-refractivity contribution is -0.144. The quantitative estimate of drug-likeness (QED) is 0.187. The number of carbonyl (C=O) groups is 4. The van der Waals surface area contributed by atoms with Gasteiger partial charge in [-0.2, -0.15) is 0 Å². The van der Waals surface area contributed by atoms with Gasteiger partial charge in [-0.3, -0.25) is 14.4 Å². The summed E-state index contributed by atoms with van der Waals surface area (Å²) in [6, 6.07) is -4.66. The number of hydrogen-bond donors (Lipinski definition) is 8. The molecule has 0 aromatic heterocycles. The number of carboxylic acids is 1. The van der Waals surface area contributed by atoms with Crippen LogP contribution in [0, 0.1) is 0 Å². The zero-order valence-corrected chi connectivity index (χ0v) is 13.8. The van der Waals surface area contributed by atoms with E-state index in [9.17, 15) is 29.4 Å². The highest BCUT2D eigenvalue weighted by Gasteiger charge is 2.33. The highest BCUT2D eigenvalue weighted by molar-refractivity contribution is 5.94. The average Bonchev–Trinajstić information content (AvgIpc) is 2.53. The van der Waals surface area contributed by atoms with Gasteiger partial charge >= 0.3 is 5.97 Å². The first-order valence-corrected chi connectivity index (χ1v) is 7.35. The van der Waals surface area contributed by atoms with Crippen LogP contribution in [0.15, 0.2) is 0 Å². The number of amides is 3. The lowest BCUT2D eigenvalue weighted by Gasteiger charge is -2.26. The van der Waals surface area contributed by atoms with Gasteiger partial charge in [0.05, 0.1) is 25.4 Å². The van der Waals surface area contributed by atoms with E-state index in [1.54, 1.807) is 0 Å². The lowest BCUT2D eigenvalue weighted by Crippen LogP contribution is -2.61.